The van der Waals surface area contributed by atoms with Gasteiger partial charge in [0.25, 0.3) is 0 Å². The van der Waals surface area contributed by atoms with Gasteiger partial charge in [-0.05, 0) is 11.6 Å². The highest BCUT2D eigenvalue weighted by molar-refractivity contribution is 6.05. The number of H-pyrrole nitrogens is 1. The Kier molecular flexibility index (Phi) is 4.13. The van der Waals surface area contributed by atoms with Crippen molar-refractivity contribution in [3.8, 4) is 0 Å². The van der Waals surface area contributed by atoms with Crippen molar-refractivity contribution in [2.24, 2.45) is 0 Å². The van der Waals surface area contributed by atoms with E-state index in [0.29, 0.717) is 12.0 Å². The van der Waals surface area contributed by atoms with Gasteiger partial charge in [0.2, 0.25) is 0 Å². The van der Waals surface area contributed by atoms with E-state index in [4.69, 9.17) is 4.74 Å². The van der Waals surface area contributed by atoms with Crippen molar-refractivity contribution in [3.05, 3.63) is 59.4 Å². The number of nitrogens with one attached hydrogen (secondary N) is 1. The van der Waals surface area contributed by atoms with Crippen LogP contribution in [0.4, 0.5) is 0 Å². The second kappa shape index (κ2) is 6.00. The average Bonchev–Trinajstić information content (AvgIpc) is 2.94. The van der Waals surface area contributed by atoms with Crippen molar-refractivity contribution in [3.63, 3.8) is 0 Å². The van der Waals surface area contributed by atoms with E-state index >= 15 is 0 Å². The van der Waals surface area contributed by atoms with Crippen LogP contribution in [0.25, 0.3) is 0 Å². The minimum atomic E-state index is -0.509. The number of aromatic amines is 1. The highest BCUT2D eigenvalue weighted by Gasteiger charge is 2.18. The summed E-state index contributed by atoms with van der Waals surface area (Å²) in [6, 6.07) is 11.0. The fraction of sp³-hybridized carbons (Fsp3) is 0.200. The van der Waals surface area contributed by atoms with Crippen molar-refractivity contribution < 1.29 is 14.3 Å². The van der Waals surface area contributed by atoms with Crippen molar-refractivity contribution in [2.75, 3.05) is 0 Å². The normalized spacial score (nSPS) is 10.2. The van der Waals surface area contributed by atoms with E-state index < -0.39 is 5.97 Å². The first kappa shape index (κ1) is 13.1. The molecule has 0 atom stereocenters. The third-order valence-electron chi connectivity index (χ3n) is 2.79. The predicted octanol–water partition coefficient (Wildman–Crippen LogP) is 2.96. The second-order valence-corrected chi connectivity index (χ2v) is 4.10. The van der Waals surface area contributed by atoms with Gasteiger partial charge >= 0.3 is 5.97 Å². The van der Waals surface area contributed by atoms with Crippen LogP contribution in [-0.4, -0.2) is 16.7 Å². The quantitative estimate of drug-likeness (QED) is 0.661. The number of hydrogen-bond acceptors (Lipinski definition) is 3. The van der Waals surface area contributed by atoms with E-state index in [1.54, 1.807) is 19.2 Å². The van der Waals surface area contributed by atoms with Crippen LogP contribution in [0.2, 0.25) is 0 Å². The molecule has 0 aliphatic heterocycles. The third-order valence-corrected chi connectivity index (χ3v) is 2.79. The fourth-order valence-electron chi connectivity index (χ4n) is 1.76. The Morgan fingerprint density at radius 2 is 1.89 bits per heavy atom. The van der Waals surface area contributed by atoms with Crippen LogP contribution in [0, 0.1) is 0 Å². The maximum atomic E-state index is 11.9. The van der Waals surface area contributed by atoms with E-state index in [-0.39, 0.29) is 18.1 Å². The summed E-state index contributed by atoms with van der Waals surface area (Å²) in [6.07, 6.45) is 1.93. The number of rotatable bonds is 5. The first-order chi connectivity index (χ1) is 9.22. The number of esters is 1. The Morgan fingerprint density at radius 1 is 1.16 bits per heavy atom. The highest BCUT2D eigenvalue weighted by Crippen LogP contribution is 2.12. The number of carbonyl (C=O) groups excluding carboxylic acids is 2. The predicted molar refractivity (Wildman–Crippen MR) is 71.0 cm³/mol. The summed E-state index contributed by atoms with van der Waals surface area (Å²) in [4.78, 5) is 26.3. The van der Waals surface area contributed by atoms with Crippen LogP contribution < -0.4 is 0 Å². The third kappa shape index (κ3) is 3.10. The second-order valence-electron chi connectivity index (χ2n) is 4.10. The van der Waals surface area contributed by atoms with Gasteiger partial charge < -0.3 is 9.72 Å². The molecule has 0 saturated heterocycles. The maximum absolute atomic E-state index is 11.9. The molecule has 0 radical (unpaired) electrons. The number of aromatic nitrogens is 1. The van der Waals surface area contributed by atoms with Gasteiger partial charge in [-0.2, -0.15) is 0 Å². The summed E-state index contributed by atoms with van der Waals surface area (Å²) in [5, 5.41) is 0. The molecule has 0 aliphatic rings. The Balaban J connectivity index is 2.05. The Labute approximate surface area is 111 Å². The lowest BCUT2D eigenvalue weighted by Gasteiger charge is -2.05. The number of carbonyl (C=O) groups is 2. The van der Waals surface area contributed by atoms with E-state index in [0.717, 1.165) is 5.56 Å². The molecule has 0 unspecified atom stereocenters. The number of ether oxygens (including phenoxy) is 1. The molecule has 0 aliphatic carbocycles. The van der Waals surface area contributed by atoms with Crippen LogP contribution in [0.1, 0.15) is 39.8 Å². The van der Waals surface area contributed by atoms with Gasteiger partial charge in [-0.15, -0.1) is 0 Å². The molecule has 2 aromatic rings. The van der Waals surface area contributed by atoms with Gasteiger partial charge in [0.1, 0.15) is 12.3 Å². The van der Waals surface area contributed by atoms with Gasteiger partial charge in [0.15, 0.2) is 5.78 Å². The van der Waals surface area contributed by atoms with E-state index in [9.17, 15) is 9.59 Å². The van der Waals surface area contributed by atoms with Crippen LogP contribution in [0.3, 0.4) is 0 Å². The summed E-state index contributed by atoms with van der Waals surface area (Å²) in [5.41, 5.74) is 1.52. The molecule has 2 rings (SSSR count). The van der Waals surface area contributed by atoms with E-state index in [1.165, 1.54) is 0 Å². The molecule has 0 amide bonds. The van der Waals surface area contributed by atoms with Crippen LogP contribution in [0.15, 0.2) is 42.6 Å². The lowest BCUT2D eigenvalue weighted by Crippen LogP contribution is -2.10. The fourth-order valence-corrected chi connectivity index (χ4v) is 1.76. The smallest absolute Gasteiger partial charge is 0.355 e. The van der Waals surface area contributed by atoms with Gasteiger partial charge in [0, 0.05) is 18.2 Å². The van der Waals surface area contributed by atoms with Crippen LogP contribution in [0.5, 0.6) is 0 Å². The molecule has 0 fully saturated rings. The SMILES string of the molecule is CCC(=O)c1cc[nH]c1C(=O)OCc1ccccc1. The number of ketones is 1. The van der Waals surface area contributed by atoms with Crippen molar-refractivity contribution in [2.45, 2.75) is 20.0 Å². The molecule has 1 aromatic carbocycles. The zero-order chi connectivity index (χ0) is 13.7. The molecule has 0 bridgehead atoms. The molecular formula is C15H15NO3. The summed E-state index contributed by atoms with van der Waals surface area (Å²) in [5.74, 6) is -0.585. The molecule has 98 valence electrons. The summed E-state index contributed by atoms with van der Waals surface area (Å²) < 4.78 is 5.19. The Morgan fingerprint density at radius 3 is 2.58 bits per heavy atom. The molecule has 19 heavy (non-hydrogen) atoms. The highest BCUT2D eigenvalue weighted by atomic mass is 16.5. The minimum Gasteiger partial charge on any atom is -0.456 e. The van der Waals surface area contributed by atoms with Gasteiger partial charge in [-0.1, -0.05) is 37.3 Å². The van der Waals surface area contributed by atoms with E-state index in [1.807, 2.05) is 30.3 Å². The van der Waals surface area contributed by atoms with Gasteiger partial charge in [-0.25, -0.2) is 4.79 Å². The standard InChI is InChI=1S/C15H15NO3/c1-2-13(17)12-8-9-16-14(12)15(18)19-10-11-6-4-3-5-7-11/h3-9,16H,2,10H2,1H3. The van der Waals surface area contributed by atoms with E-state index in [2.05, 4.69) is 4.98 Å². The molecule has 0 spiro atoms. The van der Waals surface area contributed by atoms with Crippen molar-refractivity contribution in [1.29, 1.82) is 0 Å². The summed E-state index contributed by atoms with van der Waals surface area (Å²) in [6.45, 7) is 1.95. The largest absolute Gasteiger partial charge is 0.456 e. The number of Topliss-reactive ketones (excluding diaryl/α,β-unsaturated/α-hetero) is 1. The van der Waals surface area contributed by atoms with Crippen LogP contribution >= 0.6 is 0 Å². The molecule has 1 N–H and O–H groups in total. The van der Waals surface area contributed by atoms with Crippen molar-refractivity contribution in [1.82, 2.24) is 4.98 Å². The first-order valence-electron chi connectivity index (χ1n) is 6.14. The summed E-state index contributed by atoms with van der Waals surface area (Å²) >= 11 is 0. The van der Waals surface area contributed by atoms with Crippen molar-refractivity contribution >= 4 is 11.8 Å². The Hall–Kier alpha value is -2.36. The molecular weight excluding hydrogens is 242 g/mol. The maximum Gasteiger partial charge on any atom is 0.355 e. The molecule has 1 aromatic heterocycles. The first-order valence-corrected chi connectivity index (χ1v) is 6.14. The molecule has 0 saturated carbocycles. The van der Waals surface area contributed by atoms with Crippen LogP contribution in [-0.2, 0) is 11.3 Å². The lowest BCUT2D eigenvalue weighted by molar-refractivity contribution is 0.0463. The monoisotopic (exact) mass is 257 g/mol. The number of benzene rings is 1. The summed E-state index contributed by atoms with van der Waals surface area (Å²) in [7, 11) is 0. The number of hydrogen-bond donors (Lipinski definition) is 1. The van der Waals surface area contributed by atoms with Gasteiger partial charge in [0.05, 0.1) is 0 Å². The van der Waals surface area contributed by atoms with Gasteiger partial charge in [-0.3, -0.25) is 4.79 Å². The minimum absolute atomic E-state index is 0.0760. The lowest BCUT2D eigenvalue weighted by atomic mass is 10.1. The zero-order valence-corrected chi connectivity index (χ0v) is 10.7. The average molecular weight is 257 g/mol. The topological polar surface area (TPSA) is 59.2 Å². The molecule has 4 heteroatoms. The molecule has 1 heterocycles. The zero-order valence-electron chi connectivity index (χ0n) is 10.7. The Bertz CT molecular complexity index is 572. The molecule has 4 nitrogen and oxygen atoms in total.